The zero-order chi connectivity index (χ0) is 14.5. The Hall–Kier alpha value is -1.48. The van der Waals surface area contributed by atoms with E-state index in [1.54, 1.807) is 0 Å². The summed E-state index contributed by atoms with van der Waals surface area (Å²) in [4.78, 5) is 0. The number of nitrogen functional groups attached to an aromatic ring is 1. The minimum atomic E-state index is 0.488. The van der Waals surface area contributed by atoms with Crippen molar-refractivity contribution in [1.82, 2.24) is 0 Å². The first-order valence-electron chi connectivity index (χ1n) is 6.86. The third-order valence-corrected chi connectivity index (χ3v) is 4.06. The minimum Gasteiger partial charge on any atom is -0.489 e. The molecule has 0 amide bonds. The molecule has 20 heavy (non-hydrogen) atoms. The van der Waals surface area contributed by atoms with Crippen molar-refractivity contribution in [3.05, 3.63) is 58.1 Å². The van der Waals surface area contributed by atoms with E-state index in [2.05, 4.69) is 41.9 Å². The summed E-state index contributed by atoms with van der Waals surface area (Å²) in [5.74, 6) is 1.46. The Labute approximate surface area is 129 Å². The van der Waals surface area contributed by atoms with Gasteiger partial charge >= 0.3 is 0 Å². The van der Waals surface area contributed by atoms with E-state index < -0.39 is 0 Å². The van der Waals surface area contributed by atoms with Crippen molar-refractivity contribution in [2.45, 2.75) is 32.8 Å². The number of anilines is 1. The number of halogens is 1. The summed E-state index contributed by atoms with van der Waals surface area (Å²) in [7, 11) is 0. The fraction of sp³-hybridized carbons (Fsp3) is 0.294. The van der Waals surface area contributed by atoms with E-state index in [0.717, 1.165) is 27.9 Å². The van der Waals surface area contributed by atoms with Gasteiger partial charge < -0.3 is 10.5 Å². The molecule has 1 atom stereocenters. The molecule has 1 unspecified atom stereocenters. The van der Waals surface area contributed by atoms with Gasteiger partial charge in [-0.1, -0.05) is 48.0 Å². The standard InChI is InChI=1S/C17H20BrNO/c1-3-12(2)13-5-8-16(9-6-13)20-11-14-4-7-15(18)10-17(14)19/h4-10,12H,3,11,19H2,1-2H3. The van der Waals surface area contributed by atoms with E-state index in [1.807, 2.05) is 30.3 Å². The first-order valence-corrected chi connectivity index (χ1v) is 7.66. The molecule has 2 aromatic carbocycles. The number of benzene rings is 2. The quantitative estimate of drug-likeness (QED) is 0.770. The minimum absolute atomic E-state index is 0.488. The number of hydrogen-bond donors (Lipinski definition) is 1. The molecule has 0 radical (unpaired) electrons. The summed E-state index contributed by atoms with van der Waals surface area (Å²) < 4.78 is 6.77. The second-order valence-electron chi connectivity index (χ2n) is 5.01. The van der Waals surface area contributed by atoms with Gasteiger partial charge in [0.15, 0.2) is 0 Å². The molecule has 0 aromatic heterocycles. The Bertz CT molecular complexity index is 566. The second-order valence-corrected chi connectivity index (χ2v) is 5.93. The maximum absolute atomic E-state index is 5.96. The molecular weight excluding hydrogens is 314 g/mol. The van der Waals surface area contributed by atoms with Gasteiger partial charge in [-0.15, -0.1) is 0 Å². The van der Waals surface area contributed by atoms with Crippen molar-refractivity contribution in [3.63, 3.8) is 0 Å². The lowest BCUT2D eigenvalue weighted by atomic mass is 9.99. The molecule has 2 nitrogen and oxygen atoms in total. The van der Waals surface area contributed by atoms with Crippen molar-refractivity contribution in [2.24, 2.45) is 0 Å². The Balaban J connectivity index is 2.00. The number of rotatable bonds is 5. The van der Waals surface area contributed by atoms with Crippen molar-refractivity contribution >= 4 is 21.6 Å². The third-order valence-electron chi connectivity index (χ3n) is 3.56. The lowest BCUT2D eigenvalue weighted by Gasteiger charge is -2.11. The summed E-state index contributed by atoms with van der Waals surface area (Å²) in [5, 5.41) is 0. The summed E-state index contributed by atoms with van der Waals surface area (Å²) in [6.07, 6.45) is 1.15. The predicted molar refractivity (Wildman–Crippen MR) is 88.0 cm³/mol. The maximum Gasteiger partial charge on any atom is 0.119 e. The topological polar surface area (TPSA) is 35.2 Å². The fourth-order valence-corrected chi connectivity index (χ4v) is 2.37. The van der Waals surface area contributed by atoms with E-state index in [1.165, 1.54) is 5.56 Å². The monoisotopic (exact) mass is 333 g/mol. The van der Waals surface area contributed by atoms with Crippen LogP contribution in [0.3, 0.4) is 0 Å². The smallest absolute Gasteiger partial charge is 0.119 e. The normalized spacial score (nSPS) is 12.2. The molecule has 0 aliphatic carbocycles. The highest BCUT2D eigenvalue weighted by Gasteiger charge is 2.04. The molecule has 0 saturated heterocycles. The summed E-state index contributed by atoms with van der Waals surface area (Å²) in [5.41, 5.74) is 9.05. The van der Waals surface area contributed by atoms with Gasteiger partial charge in [-0.25, -0.2) is 0 Å². The van der Waals surface area contributed by atoms with Gasteiger partial charge in [-0.05, 0) is 42.2 Å². The lowest BCUT2D eigenvalue weighted by molar-refractivity contribution is 0.307. The Kier molecular flexibility index (Phi) is 5.07. The van der Waals surface area contributed by atoms with Gasteiger partial charge in [0.05, 0.1) is 0 Å². The average molecular weight is 334 g/mol. The molecule has 2 aromatic rings. The van der Waals surface area contributed by atoms with Crippen LogP contribution in [0.5, 0.6) is 5.75 Å². The molecule has 0 aliphatic rings. The highest BCUT2D eigenvalue weighted by atomic mass is 79.9. The van der Waals surface area contributed by atoms with E-state index in [0.29, 0.717) is 12.5 Å². The molecule has 0 fully saturated rings. The number of hydrogen-bond acceptors (Lipinski definition) is 2. The molecule has 2 rings (SSSR count). The van der Waals surface area contributed by atoms with Gasteiger partial charge in [0.1, 0.15) is 12.4 Å². The van der Waals surface area contributed by atoms with Gasteiger partial charge in [0.2, 0.25) is 0 Å². The molecule has 0 aliphatic heterocycles. The summed E-state index contributed by atoms with van der Waals surface area (Å²) >= 11 is 3.40. The Morgan fingerprint density at radius 1 is 1.15 bits per heavy atom. The van der Waals surface area contributed by atoms with Crippen molar-refractivity contribution < 1.29 is 4.74 Å². The largest absolute Gasteiger partial charge is 0.489 e. The average Bonchev–Trinajstić information content (AvgIpc) is 2.46. The van der Waals surface area contributed by atoms with Crippen molar-refractivity contribution in [3.8, 4) is 5.75 Å². The molecular formula is C17H20BrNO. The molecule has 3 heteroatoms. The van der Waals surface area contributed by atoms with Crippen molar-refractivity contribution in [2.75, 3.05) is 5.73 Å². The van der Waals surface area contributed by atoms with Crippen molar-refractivity contribution in [1.29, 1.82) is 0 Å². The van der Waals surface area contributed by atoms with Crippen LogP contribution in [0.1, 0.15) is 37.3 Å². The van der Waals surface area contributed by atoms with Crippen LogP contribution in [0, 0.1) is 0 Å². The lowest BCUT2D eigenvalue weighted by Crippen LogP contribution is -2.00. The second kappa shape index (κ2) is 6.80. The van der Waals surface area contributed by atoms with E-state index in [-0.39, 0.29) is 0 Å². The molecule has 0 saturated carbocycles. The maximum atomic E-state index is 5.96. The van der Waals surface area contributed by atoms with E-state index in [4.69, 9.17) is 10.5 Å². The van der Waals surface area contributed by atoms with Crippen LogP contribution in [-0.2, 0) is 6.61 Å². The zero-order valence-electron chi connectivity index (χ0n) is 11.9. The number of nitrogens with two attached hydrogens (primary N) is 1. The van der Waals surface area contributed by atoms with Gasteiger partial charge in [-0.2, -0.15) is 0 Å². The van der Waals surface area contributed by atoms with Gasteiger partial charge in [-0.3, -0.25) is 0 Å². The van der Waals surface area contributed by atoms with Crippen LogP contribution < -0.4 is 10.5 Å². The van der Waals surface area contributed by atoms with Crippen LogP contribution in [0.2, 0.25) is 0 Å². The predicted octanol–water partition coefficient (Wildman–Crippen LogP) is 5.12. The van der Waals surface area contributed by atoms with Crippen LogP contribution in [0.15, 0.2) is 46.9 Å². The molecule has 0 heterocycles. The zero-order valence-corrected chi connectivity index (χ0v) is 13.5. The Morgan fingerprint density at radius 2 is 1.85 bits per heavy atom. The third kappa shape index (κ3) is 3.76. The van der Waals surface area contributed by atoms with Crippen LogP contribution in [0.4, 0.5) is 5.69 Å². The Morgan fingerprint density at radius 3 is 2.45 bits per heavy atom. The van der Waals surface area contributed by atoms with Crippen LogP contribution in [-0.4, -0.2) is 0 Å². The van der Waals surface area contributed by atoms with Gasteiger partial charge in [0, 0.05) is 15.7 Å². The van der Waals surface area contributed by atoms with E-state index in [9.17, 15) is 0 Å². The first kappa shape index (κ1) is 14.9. The first-order chi connectivity index (χ1) is 9.60. The SMILES string of the molecule is CCC(C)c1ccc(OCc2ccc(Br)cc2N)cc1. The summed E-state index contributed by atoms with van der Waals surface area (Å²) in [6.45, 7) is 4.92. The fourth-order valence-electron chi connectivity index (χ4n) is 1.99. The summed E-state index contributed by atoms with van der Waals surface area (Å²) in [6, 6.07) is 14.2. The highest BCUT2D eigenvalue weighted by Crippen LogP contribution is 2.23. The van der Waals surface area contributed by atoms with Crippen LogP contribution >= 0.6 is 15.9 Å². The van der Waals surface area contributed by atoms with Gasteiger partial charge in [0.25, 0.3) is 0 Å². The van der Waals surface area contributed by atoms with Crippen LogP contribution in [0.25, 0.3) is 0 Å². The molecule has 106 valence electrons. The van der Waals surface area contributed by atoms with E-state index >= 15 is 0 Å². The molecule has 0 spiro atoms. The molecule has 2 N–H and O–H groups in total. The molecule has 0 bridgehead atoms. The number of ether oxygens (including phenoxy) is 1. The highest BCUT2D eigenvalue weighted by molar-refractivity contribution is 9.10.